The molecule has 0 saturated carbocycles. The van der Waals surface area contributed by atoms with E-state index in [1.807, 2.05) is 48.5 Å². The smallest absolute Gasteiger partial charge is 0.334 e. The van der Waals surface area contributed by atoms with Crippen LogP contribution in [0.15, 0.2) is 91.6 Å². The van der Waals surface area contributed by atoms with Crippen LogP contribution in [0.2, 0.25) is 5.02 Å². The molecule has 0 unspecified atom stereocenters. The maximum Gasteiger partial charge on any atom is 0.334 e. The van der Waals surface area contributed by atoms with E-state index in [0.717, 1.165) is 27.6 Å². The third-order valence-corrected chi connectivity index (χ3v) is 8.46. The first-order valence-corrected chi connectivity index (χ1v) is 14.8. The van der Waals surface area contributed by atoms with Crippen molar-refractivity contribution in [3.05, 3.63) is 113 Å². The van der Waals surface area contributed by atoms with Crippen LogP contribution in [0, 0.1) is 0 Å². The van der Waals surface area contributed by atoms with Crippen LogP contribution in [0.5, 0.6) is 5.75 Å². The van der Waals surface area contributed by atoms with E-state index in [1.54, 1.807) is 56.4 Å². The summed E-state index contributed by atoms with van der Waals surface area (Å²) in [5.41, 5.74) is 3.41. The fourth-order valence-electron chi connectivity index (χ4n) is 6.07. The van der Waals surface area contributed by atoms with Gasteiger partial charge in [-0.3, -0.25) is 9.59 Å². The molecule has 0 aliphatic carbocycles. The van der Waals surface area contributed by atoms with Gasteiger partial charge in [-0.15, -0.1) is 6.58 Å². The topological polar surface area (TPSA) is 112 Å². The van der Waals surface area contributed by atoms with E-state index >= 15 is 0 Å². The van der Waals surface area contributed by atoms with E-state index in [9.17, 15) is 19.5 Å². The van der Waals surface area contributed by atoms with E-state index < -0.39 is 12.2 Å². The fraction of sp³-hybridized carbons (Fsp3) is 0.242. The average molecular weight is 613 g/mol. The van der Waals surface area contributed by atoms with Crippen LogP contribution < -0.4 is 5.32 Å². The van der Waals surface area contributed by atoms with Crippen molar-refractivity contribution < 1.29 is 19.5 Å². The number of piperazine rings is 1. The second-order valence-electron chi connectivity index (χ2n) is 11.0. The van der Waals surface area contributed by atoms with Gasteiger partial charge in [-0.25, -0.2) is 14.8 Å². The number of benzene rings is 3. The number of para-hydroxylation sites is 1. The second-order valence-corrected chi connectivity index (χ2v) is 11.4. The highest BCUT2D eigenvalue weighted by atomic mass is 35.5. The maximum atomic E-state index is 14.2. The van der Waals surface area contributed by atoms with Crippen molar-refractivity contribution in [2.75, 3.05) is 19.6 Å². The number of rotatable bonds is 8. The zero-order chi connectivity index (χ0) is 30.8. The number of aromatic amines is 1. The molecule has 0 radical (unpaired) electrons. The van der Waals surface area contributed by atoms with Crippen molar-refractivity contribution in [1.82, 2.24) is 30.1 Å². The molecule has 4 amide bonds. The Morgan fingerprint density at radius 1 is 1.05 bits per heavy atom. The van der Waals surface area contributed by atoms with Crippen molar-refractivity contribution in [1.29, 1.82) is 0 Å². The molecule has 226 valence electrons. The number of phenolic OH excluding ortho intramolecular Hbond substituents is 1. The summed E-state index contributed by atoms with van der Waals surface area (Å²) < 4.78 is 0. The quantitative estimate of drug-likeness (QED) is 0.258. The van der Waals surface area contributed by atoms with Gasteiger partial charge < -0.3 is 25.2 Å². The number of carbonyl (C=O) groups is 3. The number of fused-ring (bicyclic) bond motifs is 2. The molecule has 1 aromatic heterocycles. The third-order valence-electron chi connectivity index (χ3n) is 8.14. The Balaban J connectivity index is 1.37. The Hall–Kier alpha value is -4.80. The Bertz CT molecular complexity index is 1690. The van der Waals surface area contributed by atoms with E-state index in [-0.39, 0.29) is 56.2 Å². The molecule has 44 heavy (non-hydrogen) atoms. The van der Waals surface area contributed by atoms with Crippen molar-refractivity contribution >= 4 is 40.3 Å². The van der Waals surface area contributed by atoms with E-state index in [4.69, 9.17) is 11.6 Å². The molecule has 3 N–H and O–H groups in total. The molecule has 2 aliphatic heterocycles. The zero-order valence-electron chi connectivity index (χ0n) is 24.0. The minimum atomic E-state index is -0.868. The summed E-state index contributed by atoms with van der Waals surface area (Å²) in [7, 11) is 0. The lowest BCUT2D eigenvalue weighted by Gasteiger charge is -2.55. The first kappa shape index (κ1) is 29.3. The number of hydrogen-bond acceptors (Lipinski definition) is 5. The predicted molar refractivity (Wildman–Crippen MR) is 167 cm³/mol. The number of aromatic hydroxyl groups is 1. The van der Waals surface area contributed by atoms with Gasteiger partial charge in [0.25, 0.3) is 0 Å². The summed E-state index contributed by atoms with van der Waals surface area (Å²) in [6.07, 6.45) is 2.82. The van der Waals surface area contributed by atoms with Crippen molar-refractivity contribution in [2.45, 2.75) is 31.7 Å². The molecule has 4 aromatic rings. The zero-order valence-corrected chi connectivity index (χ0v) is 24.8. The second kappa shape index (κ2) is 12.4. The van der Waals surface area contributed by atoms with E-state index in [0.29, 0.717) is 11.6 Å². The maximum absolute atomic E-state index is 14.2. The lowest BCUT2D eigenvalue weighted by molar-refractivity contribution is -0.189. The number of carbonyl (C=O) groups excluding carboxylic acids is 3. The molecule has 2 aliphatic rings. The molecule has 3 aromatic carbocycles. The number of phenols is 1. The van der Waals surface area contributed by atoms with Gasteiger partial charge in [-0.2, -0.15) is 0 Å². The van der Waals surface area contributed by atoms with Gasteiger partial charge in [-0.05, 0) is 28.8 Å². The molecule has 3 heterocycles. The van der Waals surface area contributed by atoms with Crippen LogP contribution in [-0.4, -0.2) is 79.6 Å². The van der Waals surface area contributed by atoms with Gasteiger partial charge in [-0.1, -0.05) is 78.3 Å². The Kier molecular flexibility index (Phi) is 8.28. The number of nitrogens with zero attached hydrogens (tertiary/aromatic N) is 4. The highest BCUT2D eigenvalue weighted by Crippen LogP contribution is 2.31. The molecular formula is C33H33ClN6O4. The average Bonchev–Trinajstić information content (AvgIpc) is 3.41. The monoisotopic (exact) mass is 612 g/mol. The number of hydrogen-bond donors (Lipinski definition) is 3. The van der Waals surface area contributed by atoms with Gasteiger partial charge in [0.2, 0.25) is 11.8 Å². The van der Waals surface area contributed by atoms with Crippen molar-refractivity contribution in [3.8, 4) is 5.75 Å². The summed E-state index contributed by atoms with van der Waals surface area (Å²) in [4.78, 5) is 48.4. The molecule has 0 spiro atoms. The predicted octanol–water partition coefficient (Wildman–Crippen LogP) is 4.26. The number of hydrazine groups is 1. The normalized spacial score (nSPS) is 18.9. The van der Waals surface area contributed by atoms with Crippen LogP contribution in [0.4, 0.5) is 4.79 Å². The van der Waals surface area contributed by atoms with Crippen LogP contribution in [0.3, 0.4) is 0 Å². The number of urea groups is 1. The van der Waals surface area contributed by atoms with Crippen LogP contribution in [0.1, 0.15) is 16.7 Å². The van der Waals surface area contributed by atoms with Gasteiger partial charge in [0, 0.05) is 37.6 Å². The van der Waals surface area contributed by atoms with Gasteiger partial charge in [0.05, 0.1) is 23.6 Å². The number of H-pyrrole nitrogens is 1. The summed E-state index contributed by atoms with van der Waals surface area (Å²) in [6.45, 7) is 4.68. The standard InChI is InChI=1S/C33H33ClN6O4/c1-2-15-38-21-30(42)39-28(16-22-11-13-25(41)14-12-22)32(43)37(19-24-9-6-10-26-27(34)18-35-31(24)26)20-29(39)40(38)33(44)36-17-23-7-4-3-5-8-23/h2-14,18,28-29,35,41H,1,15-17,19-21H2,(H,36,44)/t28-,29-/m0/s1. The van der Waals surface area contributed by atoms with Gasteiger partial charge >= 0.3 is 6.03 Å². The van der Waals surface area contributed by atoms with Crippen LogP contribution in [0.25, 0.3) is 10.9 Å². The Labute approximate surface area is 260 Å². The molecule has 6 rings (SSSR count). The van der Waals surface area contributed by atoms with Crippen LogP contribution >= 0.6 is 11.6 Å². The minimum Gasteiger partial charge on any atom is -0.508 e. The van der Waals surface area contributed by atoms with Crippen LogP contribution in [-0.2, 0) is 29.1 Å². The summed E-state index contributed by atoms with van der Waals surface area (Å²) in [6, 6.07) is 20.7. The highest BCUT2D eigenvalue weighted by molar-refractivity contribution is 6.35. The number of amides is 4. The molecule has 2 fully saturated rings. The first-order chi connectivity index (χ1) is 21.3. The third kappa shape index (κ3) is 5.73. The first-order valence-electron chi connectivity index (χ1n) is 14.4. The van der Waals surface area contributed by atoms with E-state index in [1.165, 1.54) is 0 Å². The Morgan fingerprint density at radius 2 is 1.82 bits per heavy atom. The number of halogens is 1. The lowest BCUT2D eigenvalue weighted by Crippen LogP contribution is -2.76. The summed E-state index contributed by atoms with van der Waals surface area (Å²) >= 11 is 6.38. The van der Waals surface area contributed by atoms with Crippen molar-refractivity contribution in [2.24, 2.45) is 0 Å². The van der Waals surface area contributed by atoms with Gasteiger partial charge in [0.1, 0.15) is 18.0 Å². The largest absolute Gasteiger partial charge is 0.508 e. The molecule has 11 heteroatoms. The molecular weight excluding hydrogens is 580 g/mol. The molecule has 0 bridgehead atoms. The molecule has 2 saturated heterocycles. The van der Waals surface area contributed by atoms with E-state index in [2.05, 4.69) is 16.9 Å². The summed E-state index contributed by atoms with van der Waals surface area (Å²) in [5.74, 6) is -0.366. The SMILES string of the molecule is C=CCN1CC(=O)N2[C@@H](Cc3ccc(O)cc3)C(=O)N(Cc3cccc4c(Cl)c[nH]c34)C[C@@H]2N1C(=O)NCc1ccccc1. The van der Waals surface area contributed by atoms with Crippen molar-refractivity contribution in [3.63, 3.8) is 0 Å². The number of aromatic nitrogens is 1. The fourth-order valence-corrected chi connectivity index (χ4v) is 6.29. The van der Waals surface area contributed by atoms with Gasteiger partial charge in [0.15, 0.2) is 0 Å². The lowest BCUT2D eigenvalue weighted by atomic mass is 9.98. The highest BCUT2D eigenvalue weighted by Gasteiger charge is 2.51. The molecule has 10 nitrogen and oxygen atoms in total. The molecule has 2 atom stereocenters. The minimum absolute atomic E-state index is 0.0824. The number of nitrogens with one attached hydrogen (secondary N) is 2. The summed E-state index contributed by atoms with van der Waals surface area (Å²) in [5, 5.41) is 17.5. The Morgan fingerprint density at radius 3 is 2.57 bits per heavy atom.